The van der Waals surface area contributed by atoms with E-state index < -0.39 is 5.91 Å². The molecule has 0 bridgehead atoms. The molecular weight excluding hydrogens is 560 g/mol. The van der Waals surface area contributed by atoms with E-state index in [1.54, 1.807) is 18.2 Å². The number of anilines is 1. The van der Waals surface area contributed by atoms with E-state index in [1.165, 1.54) is 0 Å². The summed E-state index contributed by atoms with van der Waals surface area (Å²) in [5, 5.41) is 12.3. The largest absolute Gasteiger partial charge is 0.321 e. The molecule has 0 aromatic heterocycles. The molecule has 3 aromatic rings. The van der Waals surface area contributed by atoms with Crippen LogP contribution < -0.4 is 5.32 Å². The molecule has 0 heterocycles. The summed E-state index contributed by atoms with van der Waals surface area (Å²) >= 11 is 10.4. The van der Waals surface area contributed by atoms with Gasteiger partial charge in [-0.25, -0.2) is 0 Å². The molecule has 6 heteroatoms. The van der Waals surface area contributed by atoms with E-state index in [1.807, 2.05) is 60.7 Å². The number of carbonyl (C=O) groups excluding carboxylic acids is 1. The molecule has 0 radical (unpaired) electrons. The Labute approximate surface area is 194 Å². The lowest BCUT2D eigenvalue weighted by atomic mass is 9.98. The number of benzene rings is 3. The molecule has 3 aromatic carbocycles. The SMILES string of the molecule is N#C/C(=C\c1cc(Br)ccc1Cc1ccccc1Br)C(=O)Nc1ccc(Br)cc1. The van der Waals surface area contributed by atoms with Crippen molar-refractivity contribution in [2.45, 2.75) is 6.42 Å². The minimum absolute atomic E-state index is 0.0411. The number of nitrogens with one attached hydrogen (secondary N) is 1. The highest BCUT2D eigenvalue weighted by molar-refractivity contribution is 9.11. The van der Waals surface area contributed by atoms with Gasteiger partial charge in [0.1, 0.15) is 11.6 Å². The molecule has 1 amide bonds. The van der Waals surface area contributed by atoms with Crippen LogP contribution in [0.15, 0.2) is 85.7 Å². The maximum atomic E-state index is 12.6. The second-order valence-corrected chi connectivity index (χ2v) is 8.93. The Bertz CT molecular complexity index is 1120. The summed E-state index contributed by atoms with van der Waals surface area (Å²) in [7, 11) is 0. The minimum atomic E-state index is -0.443. The predicted molar refractivity (Wildman–Crippen MR) is 127 cm³/mol. The number of carbonyl (C=O) groups is 1. The number of nitrogens with zero attached hydrogens (tertiary/aromatic N) is 1. The molecular formula is C23H15Br3N2O. The van der Waals surface area contributed by atoms with E-state index in [2.05, 4.69) is 53.1 Å². The zero-order valence-electron chi connectivity index (χ0n) is 15.1. The van der Waals surface area contributed by atoms with Crippen LogP contribution in [0, 0.1) is 11.3 Å². The summed E-state index contributed by atoms with van der Waals surface area (Å²) in [6.07, 6.45) is 2.30. The van der Waals surface area contributed by atoms with E-state index >= 15 is 0 Å². The quantitative estimate of drug-likeness (QED) is 0.261. The number of halogens is 3. The molecule has 3 rings (SSSR count). The molecule has 0 saturated carbocycles. The molecule has 0 aliphatic heterocycles. The van der Waals surface area contributed by atoms with Crippen molar-refractivity contribution < 1.29 is 4.79 Å². The molecule has 0 aliphatic carbocycles. The van der Waals surface area contributed by atoms with Gasteiger partial charge in [0.2, 0.25) is 0 Å². The van der Waals surface area contributed by atoms with Gasteiger partial charge < -0.3 is 5.32 Å². The van der Waals surface area contributed by atoms with Crippen LogP contribution in [0.3, 0.4) is 0 Å². The van der Waals surface area contributed by atoms with Crippen molar-refractivity contribution in [3.8, 4) is 6.07 Å². The molecule has 0 atom stereocenters. The van der Waals surface area contributed by atoms with Crippen LogP contribution in [-0.4, -0.2) is 5.91 Å². The summed E-state index contributed by atoms with van der Waals surface area (Å²) in [4.78, 5) is 12.6. The minimum Gasteiger partial charge on any atom is -0.321 e. The van der Waals surface area contributed by atoms with Crippen molar-refractivity contribution in [2.24, 2.45) is 0 Å². The zero-order valence-corrected chi connectivity index (χ0v) is 19.9. The Morgan fingerprint density at radius 1 is 0.931 bits per heavy atom. The second-order valence-electron chi connectivity index (χ2n) is 6.24. The van der Waals surface area contributed by atoms with Crippen LogP contribution in [-0.2, 0) is 11.2 Å². The highest BCUT2D eigenvalue weighted by Gasteiger charge is 2.12. The molecule has 0 aliphatic rings. The van der Waals surface area contributed by atoms with Gasteiger partial charge in [-0.2, -0.15) is 5.26 Å². The lowest BCUT2D eigenvalue weighted by molar-refractivity contribution is -0.112. The van der Waals surface area contributed by atoms with Gasteiger partial charge in [-0.15, -0.1) is 0 Å². The fourth-order valence-corrected chi connectivity index (χ4v) is 3.81. The Hall–Kier alpha value is -2.20. The van der Waals surface area contributed by atoms with Crippen LogP contribution in [0.1, 0.15) is 16.7 Å². The highest BCUT2D eigenvalue weighted by Crippen LogP contribution is 2.25. The third-order valence-electron chi connectivity index (χ3n) is 4.21. The number of hydrogen-bond acceptors (Lipinski definition) is 2. The van der Waals surface area contributed by atoms with Crippen molar-refractivity contribution in [1.82, 2.24) is 0 Å². The fourth-order valence-electron chi connectivity index (χ4n) is 2.74. The topological polar surface area (TPSA) is 52.9 Å². The number of rotatable bonds is 5. The molecule has 0 fully saturated rings. The Morgan fingerprint density at radius 2 is 1.62 bits per heavy atom. The average Bonchev–Trinajstić information content (AvgIpc) is 2.71. The van der Waals surface area contributed by atoms with Crippen LogP contribution >= 0.6 is 47.8 Å². The van der Waals surface area contributed by atoms with E-state index in [9.17, 15) is 10.1 Å². The Balaban J connectivity index is 1.91. The van der Waals surface area contributed by atoms with Gasteiger partial charge in [-0.05, 0) is 71.7 Å². The van der Waals surface area contributed by atoms with Crippen molar-refractivity contribution in [2.75, 3.05) is 5.32 Å². The zero-order chi connectivity index (χ0) is 20.8. The van der Waals surface area contributed by atoms with Crippen molar-refractivity contribution in [3.05, 3.63) is 102 Å². The number of amides is 1. The summed E-state index contributed by atoms with van der Waals surface area (Å²) in [6, 6.07) is 23.1. The van der Waals surface area contributed by atoms with E-state index in [-0.39, 0.29) is 5.57 Å². The Kier molecular flexibility index (Phi) is 7.43. The van der Waals surface area contributed by atoms with Gasteiger partial charge >= 0.3 is 0 Å². The van der Waals surface area contributed by atoms with Gasteiger partial charge in [-0.1, -0.05) is 72.1 Å². The summed E-state index contributed by atoms with van der Waals surface area (Å²) in [6.45, 7) is 0. The average molecular weight is 575 g/mol. The van der Waals surface area contributed by atoms with Gasteiger partial charge in [0.05, 0.1) is 0 Å². The standard InChI is InChI=1S/C23H15Br3N2O/c24-19-7-9-21(10-8-19)28-23(29)18(14-27)12-17-13-20(25)6-5-15(17)11-16-3-1-2-4-22(16)26/h1-10,12-13H,11H2,(H,28,29)/b18-12+. The van der Waals surface area contributed by atoms with E-state index in [0.29, 0.717) is 12.1 Å². The first-order chi connectivity index (χ1) is 14.0. The lowest BCUT2D eigenvalue weighted by Crippen LogP contribution is -2.13. The Morgan fingerprint density at radius 3 is 2.31 bits per heavy atom. The fraction of sp³-hybridized carbons (Fsp3) is 0.0435. The van der Waals surface area contributed by atoms with E-state index in [0.717, 1.165) is 30.1 Å². The van der Waals surface area contributed by atoms with E-state index in [4.69, 9.17) is 0 Å². The summed E-state index contributed by atoms with van der Waals surface area (Å²) < 4.78 is 2.81. The normalized spacial score (nSPS) is 11.0. The van der Waals surface area contributed by atoms with Crippen molar-refractivity contribution >= 4 is 65.5 Å². The molecule has 0 spiro atoms. The monoisotopic (exact) mass is 572 g/mol. The number of hydrogen-bond donors (Lipinski definition) is 1. The highest BCUT2D eigenvalue weighted by atomic mass is 79.9. The molecule has 3 nitrogen and oxygen atoms in total. The molecule has 0 unspecified atom stereocenters. The first-order valence-corrected chi connectivity index (χ1v) is 11.0. The third kappa shape index (κ3) is 5.89. The maximum Gasteiger partial charge on any atom is 0.266 e. The number of nitriles is 1. The van der Waals surface area contributed by atoms with Crippen molar-refractivity contribution in [3.63, 3.8) is 0 Å². The lowest BCUT2D eigenvalue weighted by Gasteiger charge is -2.10. The smallest absolute Gasteiger partial charge is 0.266 e. The van der Waals surface area contributed by atoms with Gasteiger partial charge in [0.15, 0.2) is 0 Å². The van der Waals surface area contributed by atoms with Crippen molar-refractivity contribution in [1.29, 1.82) is 5.26 Å². The summed E-state index contributed by atoms with van der Waals surface area (Å²) in [5.41, 5.74) is 3.63. The predicted octanol–water partition coefficient (Wildman–Crippen LogP) is 7.11. The maximum absolute atomic E-state index is 12.6. The molecule has 29 heavy (non-hydrogen) atoms. The van der Waals surface area contributed by atoms with Crippen LogP contribution in [0.25, 0.3) is 6.08 Å². The second kappa shape index (κ2) is 10.0. The van der Waals surface area contributed by atoms with Gasteiger partial charge in [-0.3, -0.25) is 4.79 Å². The van der Waals surface area contributed by atoms with Gasteiger partial charge in [0, 0.05) is 19.1 Å². The first kappa shape index (κ1) is 21.5. The van der Waals surface area contributed by atoms with Gasteiger partial charge in [0.25, 0.3) is 5.91 Å². The molecule has 1 N–H and O–H groups in total. The third-order valence-corrected chi connectivity index (χ3v) is 6.01. The van der Waals surface area contributed by atoms with Crippen LogP contribution in [0.4, 0.5) is 5.69 Å². The molecule has 144 valence electrons. The molecule has 0 saturated heterocycles. The van der Waals surface area contributed by atoms with Crippen LogP contribution in [0.2, 0.25) is 0 Å². The first-order valence-electron chi connectivity index (χ1n) is 8.67. The summed E-state index contributed by atoms with van der Waals surface area (Å²) in [5.74, 6) is -0.443. The van der Waals surface area contributed by atoms with Crippen LogP contribution in [0.5, 0.6) is 0 Å².